The van der Waals surface area contributed by atoms with E-state index in [1.54, 1.807) is 25.3 Å². The molecule has 2 N–H and O–H groups in total. The van der Waals surface area contributed by atoms with Crippen LogP contribution >= 0.6 is 0 Å². The molecule has 2 rings (SSSR count). The van der Waals surface area contributed by atoms with E-state index >= 15 is 0 Å². The first kappa shape index (κ1) is 12.9. The van der Waals surface area contributed by atoms with Gasteiger partial charge in [0, 0.05) is 5.56 Å². The summed E-state index contributed by atoms with van der Waals surface area (Å²) in [7, 11) is 1.57. The van der Waals surface area contributed by atoms with Crippen LogP contribution in [0.3, 0.4) is 0 Å². The highest BCUT2D eigenvalue weighted by atomic mass is 16.5. The number of nitrogens with two attached hydrogens (primary N) is 1. The number of hydrogen-bond donors (Lipinski definition) is 1. The zero-order valence-electron chi connectivity index (χ0n) is 10.8. The van der Waals surface area contributed by atoms with Crippen LogP contribution in [-0.2, 0) is 0 Å². The first-order valence-corrected chi connectivity index (χ1v) is 6.40. The first-order chi connectivity index (χ1) is 8.70. The summed E-state index contributed by atoms with van der Waals surface area (Å²) in [5, 5.41) is 0. The second kappa shape index (κ2) is 5.87. The molecule has 1 aromatic rings. The molecule has 0 aromatic heterocycles. The summed E-state index contributed by atoms with van der Waals surface area (Å²) < 4.78 is 5.08. The summed E-state index contributed by atoms with van der Waals surface area (Å²) in [5.74, 6) is 0.746. The van der Waals surface area contributed by atoms with E-state index in [1.165, 1.54) is 19.3 Å². The highest BCUT2D eigenvalue weighted by molar-refractivity contribution is 5.98. The fourth-order valence-electron chi connectivity index (χ4n) is 2.32. The van der Waals surface area contributed by atoms with E-state index in [-0.39, 0.29) is 5.78 Å². The van der Waals surface area contributed by atoms with E-state index in [1.807, 2.05) is 0 Å². The number of nitrogen functional groups attached to an aromatic ring is 1. The smallest absolute Gasteiger partial charge is 0.176 e. The minimum absolute atomic E-state index is 0.131. The molecule has 1 aromatic carbocycles. The fraction of sp³-hybridized carbons (Fsp3) is 0.500. The van der Waals surface area contributed by atoms with Crippen LogP contribution in [0.25, 0.3) is 0 Å². The fourth-order valence-corrected chi connectivity index (χ4v) is 2.32. The maximum absolute atomic E-state index is 12.1. The lowest BCUT2D eigenvalue weighted by Gasteiger charge is -2.25. The van der Waals surface area contributed by atoms with Gasteiger partial charge in [-0.1, -0.05) is 6.42 Å². The number of hydrogen-bond acceptors (Lipinski definition) is 4. The summed E-state index contributed by atoms with van der Waals surface area (Å²) in [6, 6.07) is 5.23. The quantitative estimate of drug-likeness (QED) is 0.653. The molecule has 0 bridgehead atoms. The first-order valence-electron chi connectivity index (χ1n) is 6.40. The van der Waals surface area contributed by atoms with E-state index in [2.05, 4.69) is 4.90 Å². The topological polar surface area (TPSA) is 55.6 Å². The monoisotopic (exact) mass is 248 g/mol. The van der Waals surface area contributed by atoms with E-state index in [0.29, 0.717) is 23.5 Å². The molecule has 0 spiro atoms. The predicted octanol–water partition coefficient (Wildman–Crippen LogP) is 1.95. The van der Waals surface area contributed by atoms with Crippen LogP contribution in [0.4, 0.5) is 5.69 Å². The average Bonchev–Trinajstić information content (AvgIpc) is 2.39. The van der Waals surface area contributed by atoms with Crippen molar-refractivity contribution in [1.29, 1.82) is 0 Å². The number of anilines is 1. The Morgan fingerprint density at radius 1 is 1.33 bits per heavy atom. The van der Waals surface area contributed by atoms with Gasteiger partial charge in [0.1, 0.15) is 5.75 Å². The van der Waals surface area contributed by atoms with Crippen molar-refractivity contribution < 1.29 is 9.53 Å². The molecule has 0 saturated carbocycles. The van der Waals surface area contributed by atoms with Crippen LogP contribution in [0.2, 0.25) is 0 Å². The van der Waals surface area contributed by atoms with Crippen molar-refractivity contribution in [1.82, 2.24) is 4.90 Å². The number of carbonyl (C=O) groups excluding carboxylic acids is 1. The molecule has 4 heteroatoms. The molecule has 0 atom stereocenters. The molecule has 1 aliphatic heterocycles. The van der Waals surface area contributed by atoms with Gasteiger partial charge in [0.25, 0.3) is 0 Å². The van der Waals surface area contributed by atoms with Crippen molar-refractivity contribution >= 4 is 11.5 Å². The number of rotatable bonds is 4. The van der Waals surface area contributed by atoms with Gasteiger partial charge in [0.2, 0.25) is 0 Å². The molecule has 1 aliphatic rings. The van der Waals surface area contributed by atoms with Crippen LogP contribution in [0.1, 0.15) is 29.6 Å². The van der Waals surface area contributed by atoms with Gasteiger partial charge in [-0.2, -0.15) is 0 Å². The third kappa shape index (κ3) is 3.01. The van der Waals surface area contributed by atoms with Gasteiger partial charge in [-0.25, -0.2) is 0 Å². The van der Waals surface area contributed by atoms with Crippen molar-refractivity contribution in [3.63, 3.8) is 0 Å². The summed E-state index contributed by atoms with van der Waals surface area (Å²) in [6.07, 6.45) is 3.66. The van der Waals surface area contributed by atoms with Gasteiger partial charge in [-0.15, -0.1) is 0 Å². The van der Waals surface area contributed by atoms with Crippen LogP contribution in [0, 0.1) is 0 Å². The van der Waals surface area contributed by atoms with Crippen molar-refractivity contribution in [3.05, 3.63) is 23.8 Å². The number of likely N-dealkylation sites (tertiary alicyclic amines) is 1. The second-order valence-corrected chi connectivity index (χ2v) is 4.72. The number of carbonyl (C=O) groups is 1. The Balaban J connectivity index is 2.01. The molecule has 0 amide bonds. The Bertz CT molecular complexity index is 426. The molecule has 1 heterocycles. The van der Waals surface area contributed by atoms with Gasteiger partial charge >= 0.3 is 0 Å². The van der Waals surface area contributed by atoms with Crippen LogP contribution < -0.4 is 10.5 Å². The predicted molar refractivity (Wildman–Crippen MR) is 72.0 cm³/mol. The summed E-state index contributed by atoms with van der Waals surface area (Å²) in [4.78, 5) is 14.3. The van der Waals surface area contributed by atoms with Gasteiger partial charge < -0.3 is 10.5 Å². The molecule has 1 saturated heterocycles. The highest BCUT2D eigenvalue weighted by Gasteiger charge is 2.15. The van der Waals surface area contributed by atoms with Crippen molar-refractivity contribution in [3.8, 4) is 5.75 Å². The zero-order valence-corrected chi connectivity index (χ0v) is 10.8. The van der Waals surface area contributed by atoms with E-state index in [4.69, 9.17) is 10.5 Å². The highest BCUT2D eigenvalue weighted by Crippen LogP contribution is 2.22. The second-order valence-electron chi connectivity index (χ2n) is 4.72. The van der Waals surface area contributed by atoms with E-state index in [0.717, 1.165) is 13.1 Å². The average molecular weight is 248 g/mol. The molecule has 1 fully saturated rings. The molecular formula is C14H20N2O2. The molecule has 98 valence electrons. The Kier molecular flexibility index (Phi) is 4.20. The number of ether oxygens (including phenoxy) is 1. The molecule has 0 radical (unpaired) electrons. The van der Waals surface area contributed by atoms with Gasteiger partial charge in [0.05, 0.1) is 19.3 Å². The normalized spacial score (nSPS) is 16.5. The SMILES string of the molecule is COc1ccc(C(=O)CN2CCCCC2)cc1N. The maximum atomic E-state index is 12.1. The van der Waals surface area contributed by atoms with Crippen LogP contribution in [0.15, 0.2) is 18.2 Å². The summed E-state index contributed by atoms with van der Waals surface area (Å²) >= 11 is 0. The minimum atomic E-state index is 0.131. The number of nitrogens with zero attached hydrogens (tertiary/aromatic N) is 1. The van der Waals surface area contributed by atoms with E-state index in [9.17, 15) is 4.79 Å². The number of ketones is 1. The number of benzene rings is 1. The lowest BCUT2D eigenvalue weighted by molar-refractivity contribution is 0.0915. The maximum Gasteiger partial charge on any atom is 0.176 e. The molecule has 4 nitrogen and oxygen atoms in total. The lowest BCUT2D eigenvalue weighted by atomic mass is 10.1. The number of methoxy groups -OCH3 is 1. The van der Waals surface area contributed by atoms with Gasteiger partial charge in [-0.3, -0.25) is 9.69 Å². The third-order valence-corrected chi connectivity index (χ3v) is 3.37. The summed E-state index contributed by atoms with van der Waals surface area (Å²) in [5.41, 5.74) is 6.99. The Morgan fingerprint density at radius 3 is 2.67 bits per heavy atom. The summed E-state index contributed by atoms with van der Waals surface area (Å²) in [6.45, 7) is 2.54. The molecule has 18 heavy (non-hydrogen) atoms. The molecular weight excluding hydrogens is 228 g/mol. The van der Waals surface area contributed by atoms with Crippen LogP contribution in [-0.4, -0.2) is 37.4 Å². The standard InChI is InChI=1S/C14H20N2O2/c1-18-14-6-5-11(9-12(14)15)13(17)10-16-7-3-2-4-8-16/h5-6,9H,2-4,7-8,10,15H2,1H3. The minimum Gasteiger partial charge on any atom is -0.495 e. The molecule has 0 unspecified atom stereocenters. The van der Waals surface area contributed by atoms with Gasteiger partial charge in [-0.05, 0) is 44.1 Å². The third-order valence-electron chi connectivity index (χ3n) is 3.37. The number of Topliss-reactive ketones (excluding diaryl/α,β-unsaturated/α-hetero) is 1. The Morgan fingerprint density at radius 2 is 2.06 bits per heavy atom. The van der Waals surface area contributed by atoms with Crippen molar-refractivity contribution in [2.24, 2.45) is 0 Å². The van der Waals surface area contributed by atoms with Crippen LogP contribution in [0.5, 0.6) is 5.75 Å². The molecule has 0 aliphatic carbocycles. The van der Waals surface area contributed by atoms with Gasteiger partial charge in [0.15, 0.2) is 5.78 Å². The lowest BCUT2D eigenvalue weighted by Crippen LogP contribution is -2.34. The van der Waals surface area contributed by atoms with E-state index < -0.39 is 0 Å². The Hall–Kier alpha value is -1.55. The zero-order chi connectivity index (χ0) is 13.0. The Labute approximate surface area is 108 Å². The van der Waals surface area contributed by atoms with Crippen molar-refractivity contribution in [2.75, 3.05) is 32.5 Å². The largest absolute Gasteiger partial charge is 0.495 e. The number of piperidine rings is 1. The van der Waals surface area contributed by atoms with Crippen molar-refractivity contribution in [2.45, 2.75) is 19.3 Å².